The standard InChI is InChI=1S/C21H21N3O3/c1-24(16-3-2-4-16)20-19(14-7-5-13(12-25)6-8-14)22-17-10-9-15(21(26)27)11-18(17)23-20/h5-11,16,25H,2-4,12H2,1H3,(H,26,27). The van der Waals surface area contributed by atoms with Crippen LogP contribution < -0.4 is 4.90 Å². The molecule has 6 heteroatoms. The molecule has 0 unspecified atom stereocenters. The zero-order chi connectivity index (χ0) is 19.0. The van der Waals surface area contributed by atoms with E-state index in [1.807, 2.05) is 31.3 Å². The molecule has 1 aliphatic carbocycles. The van der Waals surface area contributed by atoms with Crippen molar-refractivity contribution < 1.29 is 15.0 Å². The zero-order valence-electron chi connectivity index (χ0n) is 15.1. The Morgan fingerprint density at radius 1 is 1.11 bits per heavy atom. The van der Waals surface area contributed by atoms with Gasteiger partial charge in [-0.05, 0) is 43.0 Å². The molecule has 0 aliphatic heterocycles. The highest BCUT2D eigenvalue weighted by molar-refractivity contribution is 5.93. The van der Waals surface area contributed by atoms with Crippen molar-refractivity contribution in [3.63, 3.8) is 0 Å². The molecule has 0 amide bonds. The lowest BCUT2D eigenvalue weighted by atomic mass is 9.91. The van der Waals surface area contributed by atoms with Crippen molar-refractivity contribution in [1.82, 2.24) is 9.97 Å². The lowest BCUT2D eigenvalue weighted by Gasteiger charge is -2.36. The summed E-state index contributed by atoms with van der Waals surface area (Å²) in [6.45, 7) is -0.00349. The molecule has 2 aromatic carbocycles. The van der Waals surface area contributed by atoms with Crippen LogP contribution in [0.2, 0.25) is 0 Å². The average Bonchev–Trinajstić information content (AvgIpc) is 2.65. The number of carboxylic acids is 1. The number of rotatable bonds is 5. The fraction of sp³-hybridized carbons (Fsp3) is 0.286. The third-order valence-electron chi connectivity index (χ3n) is 5.26. The Kier molecular flexibility index (Phi) is 4.49. The van der Waals surface area contributed by atoms with Gasteiger partial charge in [-0.2, -0.15) is 0 Å². The van der Waals surface area contributed by atoms with E-state index in [1.54, 1.807) is 18.2 Å². The highest BCUT2D eigenvalue weighted by Gasteiger charge is 2.26. The van der Waals surface area contributed by atoms with Gasteiger partial charge in [-0.1, -0.05) is 24.3 Å². The third-order valence-corrected chi connectivity index (χ3v) is 5.26. The fourth-order valence-corrected chi connectivity index (χ4v) is 3.33. The molecule has 1 saturated carbocycles. The number of aliphatic hydroxyl groups excluding tert-OH is 1. The largest absolute Gasteiger partial charge is 0.478 e. The Hall–Kier alpha value is -2.99. The SMILES string of the molecule is CN(c1nc2cc(C(=O)O)ccc2nc1-c1ccc(CO)cc1)C1CCC1. The van der Waals surface area contributed by atoms with Crippen LogP contribution in [0.1, 0.15) is 35.2 Å². The molecule has 2 N–H and O–H groups in total. The van der Waals surface area contributed by atoms with Crippen LogP contribution >= 0.6 is 0 Å². The number of nitrogens with zero attached hydrogens (tertiary/aromatic N) is 3. The van der Waals surface area contributed by atoms with E-state index in [4.69, 9.17) is 9.97 Å². The summed E-state index contributed by atoms with van der Waals surface area (Å²) in [6, 6.07) is 12.9. The highest BCUT2D eigenvalue weighted by Crippen LogP contribution is 2.34. The summed E-state index contributed by atoms with van der Waals surface area (Å²) in [4.78, 5) is 23.0. The fourth-order valence-electron chi connectivity index (χ4n) is 3.33. The third kappa shape index (κ3) is 3.24. The summed E-state index contributed by atoms with van der Waals surface area (Å²) in [6.07, 6.45) is 3.45. The van der Waals surface area contributed by atoms with E-state index in [2.05, 4.69) is 4.90 Å². The zero-order valence-corrected chi connectivity index (χ0v) is 15.1. The van der Waals surface area contributed by atoms with Gasteiger partial charge < -0.3 is 15.1 Å². The van der Waals surface area contributed by atoms with E-state index in [0.717, 1.165) is 35.5 Å². The minimum Gasteiger partial charge on any atom is -0.478 e. The molecule has 1 aromatic heterocycles. The van der Waals surface area contributed by atoms with Gasteiger partial charge in [0, 0.05) is 18.7 Å². The van der Waals surface area contributed by atoms with E-state index >= 15 is 0 Å². The van der Waals surface area contributed by atoms with E-state index in [1.165, 1.54) is 6.42 Å². The number of benzene rings is 2. The van der Waals surface area contributed by atoms with Crippen LogP contribution in [-0.4, -0.2) is 39.2 Å². The van der Waals surface area contributed by atoms with Crippen molar-refractivity contribution >= 4 is 22.8 Å². The lowest BCUT2D eigenvalue weighted by Crippen LogP contribution is -2.38. The molecule has 0 atom stereocenters. The Morgan fingerprint density at radius 3 is 2.44 bits per heavy atom. The second kappa shape index (κ2) is 6.96. The first-order chi connectivity index (χ1) is 13.1. The van der Waals surface area contributed by atoms with Crippen LogP contribution in [0, 0.1) is 0 Å². The maximum Gasteiger partial charge on any atom is 0.335 e. The molecule has 0 saturated heterocycles. The van der Waals surface area contributed by atoms with Gasteiger partial charge in [-0.25, -0.2) is 14.8 Å². The van der Waals surface area contributed by atoms with Crippen LogP contribution in [0.3, 0.4) is 0 Å². The monoisotopic (exact) mass is 363 g/mol. The van der Waals surface area contributed by atoms with Gasteiger partial charge in [0.2, 0.25) is 0 Å². The van der Waals surface area contributed by atoms with E-state index in [-0.39, 0.29) is 12.2 Å². The second-order valence-electron chi connectivity index (χ2n) is 6.96. The highest BCUT2D eigenvalue weighted by atomic mass is 16.4. The number of carboxylic acid groups (broad SMARTS) is 1. The summed E-state index contributed by atoms with van der Waals surface area (Å²) < 4.78 is 0. The van der Waals surface area contributed by atoms with Gasteiger partial charge in [0.05, 0.1) is 23.2 Å². The maximum atomic E-state index is 11.3. The van der Waals surface area contributed by atoms with Crippen molar-refractivity contribution in [1.29, 1.82) is 0 Å². The summed E-state index contributed by atoms with van der Waals surface area (Å²) in [7, 11) is 2.02. The summed E-state index contributed by atoms with van der Waals surface area (Å²) >= 11 is 0. The molecule has 138 valence electrons. The molecule has 3 aromatic rings. The predicted octanol–water partition coefficient (Wildman–Crippen LogP) is 3.48. The molecular formula is C21H21N3O3. The first-order valence-corrected chi connectivity index (χ1v) is 9.05. The molecule has 0 spiro atoms. The molecular weight excluding hydrogens is 342 g/mol. The van der Waals surface area contributed by atoms with Crippen LogP contribution in [0.4, 0.5) is 5.82 Å². The number of aliphatic hydroxyl groups is 1. The van der Waals surface area contributed by atoms with Crippen molar-refractivity contribution in [2.45, 2.75) is 31.9 Å². The second-order valence-corrected chi connectivity index (χ2v) is 6.96. The maximum absolute atomic E-state index is 11.3. The minimum atomic E-state index is -0.976. The van der Waals surface area contributed by atoms with Gasteiger partial charge in [0.1, 0.15) is 5.69 Å². The molecule has 6 nitrogen and oxygen atoms in total. The summed E-state index contributed by atoms with van der Waals surface area (Å²) in [5.41, 5.74) is 3.97. The number of hydrogen-bond acceptors (Lipinski definition) is 5. The quantitative estimate of drug-likeness (QED) is 0.722. The van der Waals surface area contributed by atoms with E-state index in [9.17, 15) is 15.0 Å². The molecule has 0 radical (unpaired) electrons. The molecule has 1 aliphatic rings. The summed E-state index contributed by atoms with van der Waals surface area (Å²) in [5.74, 6) is -0.220. The molecule has 1 heterocycles. The molecule has 1 fully saturated rings. The Balaban J connectivity index is 1.88. The number of anilines is 1. The number of aromatic nitrogens is 2. The van der Waals surface area contributed by atoms with Gasteiger partial charge in [0.15, 0.2) is 5.82 Å². The van der Waals surface area contributed by atoms with Crippen molar-refractivity contribution in [3.8, 4) is 11.3 Å². The van der Waals surface area contributed by atoms with Crippen molar-refractivity contribution in [2.24, 2.45) is 0 Å². The van der Waals surface area contributed by atoms with Crippen molar-refractivity contribution in [2.75, 3.05) is 11.9 Å². The van der Waals surface area contributed by atoms with E-state index in [0.29, 0.717) is 17.1 Å². The first kappa shape index (κ1) is 17.4. The van der Waals surface area contributed by atoms with Gasteiger partial charge in [-0.15, -0.1) is 0 Å². The van der Waals surface area contributed by atoms with Gasteiger partial charge >= 0.3 is 5.97 Å². The normalized spacial score (nSPS) is 14.1. The minimum absolute atomic E-state index is 0.00349. The van der Waals surface area contributed by atoms with Crippen LogP contribution in [0.25, 0.3) is 22.3 Å². The topological polar surface area (TPSA) is 86.6 Å². The van der Waals surface area contributed by atoms with Crippen LogP contribution in [-0.2, 0) is 6.61 Å². The predicted molar refractivity (Wildman–Crippen MR) is 104 cm³/mol. The van der Waals surface area contributed by atoms with E-state index < -0.39 is 5.97 Å². The number of aromatic carboxylic acids is 1. The number of fused-ring (bicyclic) bond motifs is 1. The van der Waals surface area contributed by atoms with Crippen LogP contribution in [0.5, 0.6) is 0 Å². The average molecular weight is 363 g/mol. The van der Waals surface area contributed by atoms with Crippen LogP contribution in [0.15, 0.2) is 42.5 Å². The van der Waals surface area contributed by atoms with Gasteiger partial charge in [-0.3, -0.25) is 0 Å². The Labute approximate surface area is 157 Å². The number of carbonyl (C=O) groups is 1. The molecule has 27 heavy (non-hydrogen) atoms. The summed E-state index contributed by atoms with van der Waals surface area (Å²) in [5, 5.41) is 18.5. The number of hydrogen-bond donors (Lipinski definition) is 2. The first-order valence-electron chi connectivity index (χ1n) is 9.05. The Morgan fingerprint density at radius 2 is 1.85 bits per heavy atom. The Bertz CT molecular complexity index is 997. The lowest BCUT2D eigenvalue weighted by molar-refractivity contribution is 0.0697. The molecule has 4 rings (SSSR count). The van der Waals surface area contributed by atoms with Crippen molar-refractivity contribution in [3.05, 3.63) is 53.6 Å². The molecule has 0 bridgehead atoms. The van der Waals surface area contributed by atoms with Gasteiger partial charge in [0.25, 0.3) is 0 Å². The smallest absolute Gasteiger partial charge is 0.335 e.